The van der Waals surface area contributed by atoms with Gasteiger partial charge in [0.25, 0.3) is 5.91 Å². The topological polar surface area (TPSA) is 41.1 Å². The third kappa shape index (κ3) is 5.28. The van der Waals surface area contributed by atoms with Crippen LogP contribution in [0.15, 0.2) is 46.9 Å². The Kier molecular flexibility index (Phi) is 6.43. The van der Waals surface area contributed by atoms with Crippen LogP contribution in [0.25, 0.3) is 0 Å². The van der Waals surface area contributed by atoms with E-state index in [9.17, 15) is 4.79 Å². The minimum absolute atomic E-state index is 0.336. The Bertz CT molecular complexity index is 730. The molecule has 24 heavy (non-hydrogen) atoms. The predicted octanol–water partition coefficient (Wildman–Crippen LogP) is 5.60. The summed E-state index contributed by atoms with van der Waals surface area (Å²) in [4.78, 5) is 12.4. The van der Waals surface area contributed by atoms with E-state index in [1.54, 1.807) is 24.3 Å². The molecule has 1 amide bonds. The zero-order chi connectivity index (χ0) is 17.9. The Hall–Kier alpha value is -0.940. The molecule has 2 aromatic carbocycles. The molecule has 0 aliphatic heterocycles. The highest BCUT2D eigenvalue weighted by molar-refractivity contribution is 9.10. The summed E-state index contributed by atoms with van der Waals surface area (Å²) >= 11 is 21.5. The number of amides is 1. The first-order valence-electron chi connectivity index (χ1n) is 7.14. The molecule has 2 rings (SSSR count). The molecule has 0 aliphatic carbocycles. The molecule has 2 N–H and O–H groups in total. The van der Waals surface area contributed by atoms with Crippen molar-refractivity contribution in [2.24, 2.45) is 0 Å². The second-order valence-corrected chi connectivity index (χ2v) is 8.70. The summed E-state index contributed by atoms with van der Waals surface area (Å²) in [5.41, 5.74) is 3.31. The molecule has 3 nitrogen and oxygen atoms in total. The summed E-state index contributed by atoms with van der Waals surface area (Å²) in [6.07, 6.45) is -0.890. The van der Waals surface area contributed by atoms with E-state index >= 15 is 0 Å². The van der Waals surface area contributed by atoms with E-state index < -0.39 is 9.96 Å². The average molecular weight is 451 g/mol. The Morgan fingerprint density at radius 1 is 1.08 bits per heavy atom. The summed E-state index contributed by atoms with van der Waals surface area (Å²) in [6, 6.07) is 12.8. The third-order valence-electron chi connectivity index (χ3n) is 3.40. The lowest BCUT2D eigenvalue weighted by atomic mass is 10.1. The van der Waals surface area contributed by atoms with Gasteiger partial charge in [-0.25, -0.2) is 0 Å². The van der Waals surface area contributed by atoms with Crippen LogP contribution >= 0.6 is 50.7 Å². The lowest BCUT2D eigenvalue weighted by Crippen LogP contribution is -2.49. The summed E-state index contributed by atoms with van der Waals surface area (Å²) in [6.45, 7) is 3.91. The molecule has 0 unspecified atom stereocenters. The molecule has 0 fully saturated rings. The highest BCUT2D eigenvalue weighted by atomic mass is 79.9. The minimum Gasteiger partial charge on any atom is -0.362 e. The van der Waals surface area contributed by atoms with E-state index in [0.717, 1.165) is 21.3 Å². The van der Waals surface area contributed by atoms with Gasteiger partial charge in [0.1, 0.15) is 6.17 Å². The van der Waals surface area contributed by atoms with Crippen molar-refractivity contribution in [1.29, 1.82) is 0 Å². The van der Waals surface area contributed by atoms with Crippen molar-refractivity contribution in [3.63, 3.8) is 0 Å². The largest absolute Gasteiger partial charge is 0.362 e. The van der Waals surface area contributed by atoms with Crippen molar-refractivity contribution in [3.05, 3.63) is 63.6 Å². The molecule has 0 aliphatic rings. The molecule has 1 atom stereocenters. The Labute approximate surface area is 164 Å². The number of nitrogens with one attached hydrogen (secondary N) is 2. The summed E-state index contributed by atoms with van der Waals surface area (Å²) in [5, 5.41) is 5.83. The number of rotatable bonds is 4. The van der Waals surface area contributed by atoms with Crippen molar-refractivity contribution >= 4 is 62.3 Å². The van der Waals surface area contributed by atoms with Crippen molar-refractivity contribution in [2.45, 2.75) is 23.8 Å². The van der Waals surface area contributed by atoms with E-state index in [4.69, 9.17) is 34.8 Å². The van der Waals surface area contributed by atoms with Gasteiger partial charge < -0.3 is 10.6 Å². The van der Waals surface area contributed by atoms with E-state index in [2.05, 4.69) is 26.6 Å². The Morgan fingerprint density at radius 3 is 2.29 bits per heavy atom. The molecule has 0 saturated heterocycles. The molecule has 0 spiro atoms. The quantitative estimate of drug-likeness (QED) is 0.470. The van der Waals surface area contributed by atoms with Gasteiger partial charge in [0.2, 0.25) is 3.79 Å². The number of carbonyl (C=O) groups is 1. The average Bonchev–Trinajstić information content (AvgIpc) is 2.49. The molecular formula is C17H16BrCl3N2O. The van der Waals surface area contributed by atoms with Crippen LogP contribution < -0.4 is 10.6 Å². The van der Waals surface area contributed by atoms with Crippen LogP contribution in [0.1, 0.15) is 21.5 Å². The van der Waals surface area contributed by atoms with Crippen molar-refractivity contribution in [2.75, 3.05) is 5.32 Å². The number of carbonyl (C=O) groups excluding carboxylic acids is 1. The summed E-state index contributed by atoms with van der Waals surface area (Å²) in [7, 11) is 0. The van der Waals surface area contributed by atoms with Crippen LogP contribution in [-0.2, 0) is 0 Å². The number of aryl methyl sites for hydroxylation is 2. The smallest absolute Gasteiger partial charge is 0.252 e. The number of alkyl halides is 3. The van der Waals surface area contributed by atoms with Gasteiger partial charge >= 0.3 is 0 Å². The van der Waals surface area contributed by atoms with Crippen LogP contribution in [0, 0.1) is 13.8 Å². The van der Waals surface area contributed by atoms with Crippen LogP contribution in [0.2, 0.25) is 0 Å². The second kappa shape index (κ2) is 7.96. The van der Waals surface area contributed by atoms with E-state index in [1.165, 1.54) is 0 Å². The first-order chi connectivity index (χ1) is 11.2. The summed E-state index contributed by atoms with van der Waals surface area (Å²) in [5.74, 6) is -0.336. The van der Waals surface area contributed by atoms with Crippen molar-refractivity contribution < 1.29 is 4.79 Å². The molecule has 7 heteroatoms. The van der Waals surface area contributed by atoms with Crippen LogP contribution in [0.4, 0.5) is 5.69 Å². The van der Waals surface area contributed by atoms with E-state index in [0.29, 0.717) is 5.56 Å². The molecule has 128 valence electrons. The molecule has 0 radical (unpaired) electrons. The molecule has 0 aromatic heterocycles. The van der Waals surface area contributed by atoms with Gasteiger partial charge in [-0.1, -0.05) is 62.9 Å². The van der Waals surface area contributed by atoms with Gasteiger partial charge in [0.05, 0.1) is 0 Å². The zero-order valence-electron chi connectivity index (χ0n) is 13.0. The summed E-state index contributed by atoms with van der Waals surface area (Å²) < 4.78 is -0.841. The van der Waals surface area contributed by atoms with Gasteiger partial charge in [-0.3, -0.25) is 4.79 Å². The van der Waals surface area contributed by atoms with Crippen molar-refractivity contribution in [1.82, 2.24) is 5.32 Å². The number of halogens is 4. The molecule has 0 saturated carbocycles. The van der Waals surface area contributed by atoms with Gasteiger partial charge in [-0.05, 0) is 55.3 Å². The van der Waals surface area contributed by atoms with Gasteiger partial charge in [-0.2, -0.15) is 0 Å². The predicted molar refractivity (Wildman–Crippen MR) is 105 cm³/mol. The minimum atomic E-state index is -1.72. The number of benzene rings is 2. The fourth-order valence-electron chi connectivity index (χ4n) is 2.06. The third-order valence-corrected chi connectivity index (χ3v) is 4.59. The molecule has 0 bridgehead atoms. The fourth-order valence-corrected chi connectivity index (χ4v) is 2.65. The van der Waals surface area contributed by atoms with Gasteiger partial charge in [0.15, 0.2) is 0 Å². The molecule has 0 heterocycles. The second-order valence-electron chi connectivity index (χ2n) is 5.42. The van der Waals surface area contributed by atoms with E-state index in [1.807, 2.05) is 32.0 Å². The Morgan fingerprint density at radius 2 is 1.71 bits per heavy atom. The maximum atomic E-state index is 12.4. The maximum absolute atomic E-state index is 12.4. The lowest BCUT2D eigenvalue weighted by molar-refractivity contribution is 0.0942. The zero-order valence-corrected chi connectivity index (χ0v) is 16.9. The van der Waals surface area contributed by atoms with Crippen LogP contribution in [0.5, 0.6) is 0 Å². The lowest BCUT2D eigenvalue weighted by Gasteiger charge is -2.28. The highest BCUT2D eigenvalue weighted by Gasteiger charge is 2.34. The Balaban J connectivity index is 2.21. The normalized spacial score (nSPS) is 12.6. The van der Waals surface area contributed by atoms with E-state index in [-0.39, 0.29) is 5.91 Å². The maximum Gasteiger partial charge on any atom is 0.252 e. The van der Waals surface area contributed by atoms with Gasteiger partial charge in [-0.15, -0.1) is 0 Å². The number of anilines is 1. The monoisotopic (exact) mass is 448 g/mol. The van der Waals surface area contributed by atoms with Gasteiger partial charge in [0, 0.05) is 15.7 Å². The first-order valence-corrected chi connectivity index (χ1v) is 9.06. The first kappa shape index (κ1) is 19.4. The van der Waals surface area contributed by atoms with Crippen LogP contribution in [-0.4, -0.2) is 15.9 Å². The SMILES string of the molecule is Cc1ccc(C)c(N[C@@H](NC(=O)c2ccc(Br)cc2)C(Cl)(Cl)Cl)c1. The highest BCUT2D eigenvalue weighted by Crippen LogP contribution is 2.32. The standard InChI is InChI=1S/C17H16BrCl3N2O/c1-10-3-4-11(2)14(9-10)22-16(17(19,20)21)23-15(24)12-5-7-13(18)8-6-12/h3-9,16,22H,1-2H3,(H,23,24)/t16-/m0/s1. The number of hydrogen-bond acceptors (Lipinski definition) is 2. The van der Waals surface area contributed by atoms with Crippen LogP contribution in [0.3, 0.4) is 0 Å². The molecular weight excluding hydrogens is 434 g/mol. The fraction of sp³-hybridized carbons (Fsp3) is 0.235. The number of hydrogen-bond donors (Lipinski definition) is 2. The molecule has 2 aromatic rings. The van der Waals surface area contributed by atoms with Crippen molar-refractivity contribution in [3.8, 4) is 0 Å².